The molecule has 2 N–H and O–H groups in total. The number of carbonyl (C=O) groups is 1. The Bertz CT molecular complexity index is 1260. The Labute approximate surface area is 198 Å². The molecule has 3 aromatic rings. The minimum Gasteiger partial charge on any atom is -0.492 e. The van der Waals surface area contributed by atoms with Gasteiger partial charge < -0.3 is 20.3 Å². The number of likely N-dealkylation sites (N-methyl/N-ethyl adjacent to an activating group) is 1. The van der Waals surface area contributed by atoms with E-state index in [1.165, 1.54) is 18.3 Å². The highest BCUT2D eigenvalue weighted by Crippen LogP contribution is 2.36. The molecule has 0 bridgehead atoms. The Morgan fingerprint density at radius 2 is 2.06 bits per heavy atom. The fourth-order valence-corrected chi connectivity index (χ4v) is 3.42. The topological polar surface area (TPSA) is 90.3 Å². The molecule has 0 aliphatic rings. The summed E-state index contributed by atoms with van der Waals surface area (Å²) in [6.07, 6.45) is 5.25. The average molecular weight is 462 g/mol. The van der Waals surface area contributed by atoms with Crippen molar-refractivity contribution in [2.75, 3.05) is 37.9 Å². The number of nitriles is 1. The number of hydrogen-bond acceptors (Lipinski definition) is 6. The van der Waals surface area contributed by atoms with Gasteiger partial charge in [0.2, 0.25) is 5.91 Å². The van der Waals surface area contributed by atoms with Gasteiger partial charge in [0.15, 0.2) is 0 Å². The molecule has 0 aliphatic heterocycles. The van der Waals surface area contributed by atoms with E-state index in [4.69, 9.17) is 4.74 Å². The van der Waals surface area contributed by atoms with Crippen LogP contribution in [0.15, 0.2) is 48.7 Å². The summed E-state index contributed by atoms with van der Waals surface area (Å²) in [6, 6.07) is 10.4. The fraction of sp³-hybridized carbons (Fsp3) is 0.269. The number of nitrogens with zero attached hydrogens (tertiary/aromatic N) is 3. The molecule has 0 fully saturated rings. The number of anilines is 3. The van der Waals surface area contributed by atoms with Crippen LogP contribution < -0.4 is 15.4 Å². The van der Waals surface area contributed by atoms with E-state index in [9.17, 15) is 14.4 Å². The molecule has 0 saturated heterocycles. The average Bonchev–Trinajstić information content (AvgIpc) is 2.81. The van der Waals surface area contributed by atoms with E-state index in [1.54, 1.807) is 30.3 Å². The zero-order chi connectivity index (χ0) is 24.7. The van der Waals surface area contributed by atoms with Crippen LogP contribution in [0.4, 0.5) is 21.5 Å². The van der Waals surface area contributed by atoms with Gasteiger partial charge in [0.1, 0.15) is 17.6 Å². The smallest absolute Gasteiger partial charge is 0.248 e. The van der Waals surface area contributed by atoms with Crippen LogP contribution in [-0.2, 0) is 11.2 Å². The largest absolute Gasteiger partial charge is 0.492 e. The zero-order valence-corrected chi connectivity index (χ0v) is 19.8. The highest BCUT2D eigenvalue weighted by atomic mass is 19.1. The predicted molar refractivity (Wildman–Crippen MR) is 133 cm³/mol. The van der Waals surface area contributed by atoms with Crippen molar-refractivity contribution >= 4 is 33.9 Å². The number of benzene rings is 2. The third-order valence-electron chi connectivity index (χ3n) is 5.08. The molecular weight excluding hydrogens is 433 g/mol. The normalized spacial score (nSPS) is 11.1. The molecule has 3 rings (SSSR count). The first-order chi connectivity index (χ1) is 16.4. The van der Waals surface area contributed by atoms with Gasteiger partial charge in [-0.15, -0.1) is 0 Å². The SMILES string of the molecule is CCOc1cc2ncc(C#N)c(Nc3ccc(F)c(CC)c3)c2cc1NC(=O)/C=C/CN(C)C. The number of fused-ring (bicyclic) bond motifs is 1. The van der Waals surface area contributed by atoms with E-state index in [1.807, 2.05) is 32.8 Å². The van der Waals surface area contributed by atoms with Crippen LogP contribution >= 0.6 is 0 Å². The highest BCUT2D eigenvalue weighted by Gasteiger charge is 2.15. The number of ether oxygens (including phenoxy) is 1. The molecule has 1 heterocycles. The molecule has 1 amide bonds. The van der Waals surface area contributed by atoms with Gasteiger partial charge in [0.05, 0.1) is 29.1 Å². The van der Waals surface area contributed by atoms with Crippen molar-refractivity contribution in [1.82, 2.24) is 9.88 Å². The van der Waals surface area contributed by atoms with Crippen LogP contribution in [0.2, 0.25) is 0 Å². The third kappa shape index (κ3) is 5.88. The van der Waals surface area contributed by atoms with Gasteiger partial charge >= 0.3 is 0 Å². The standard InChI is InChI=1S/C26H28FN5O2/c1-5-17-12-19(9-10-21(17)27)30-26-18(15-28)16-29-22-14-24(34-6-2)23(13-20(22)26)31-25(33)8-7-11-32(3)4/h7-10,12-14,16H,5-6,11H2,1-4H3,(H,29,30)(H,31,33)/b8-7+. The maximum absolute atomic E-state index is 14.0. The summed E-state index contributed by atoms with van der Waals surface area (Å²) >= 11 is 0. The Kier molecular flexibility index (Phi) is 8.17. The van der Waals surface area contributed by atoms with Crippen LogP contribution in [0.3, 0.4) is 0 Å². The summed E-state index contributed by atoms with van der Waals surface area (Å²) in [4.78, 5) is 18.8. The number of pyridine rings is 1. The molecule has 0 saturated carbocycles. The van der Waals surface area contributed by atoms with Crippen LogP contribution in [0.25, 0.3) is 10.9 Å². The van der Waals surface area contributed by atoms with Crippen LogP contribution in [0, 0.1) is 17.1 Å². The van der Waals surface area contributed by atoms with Crippen molar-refractivity contribution in [1.29, 1.82) is 5.26 Å². The van der Waals surface area contributed by atoms with Crippen molar-refractivity contribution in [3.05, 3.63) is 65.6 Å². The molecule has 34 heavy (non-hydrogen) atoms. The summed E-state index contributed by atoms with van der Waals surface area (Å²) in [6.45, 7) is 4.76. The van der Waals surface area contributed by atoms with Crippen molar-refractivity contribution in [2.24, 2.45) is 0 Å². The Morgan fingerprint density at radius 1 is 1.26 bits per heavy atom. The third-order valence-corrected chi connectivity index (χ3v) is 5.08. The molecular formula is C26H28FN5O2. The quantitative estimate of drug-likeness (QED) is 0.436. The van der Waals surface area contributed by atoms with E-state index in [0.717, 1.165) is 0 Å². The monoisotopic (exact) mass is 461 g/mol. The number of halogens is 1. The van der Waals surface area contributed by atoms with E-state index in [2.05, 4.69) is 21.7 Å². The first-order valence-corrected chi connectivity index (χ1v) is 11.0. The Morgan fingerprint density at radius 3 is 2.74 bits per heavy atom. The number of amides is 1. The van der Waals surface area contributed by atoms with Crippen LogP contribution in [0.5, 0.6) is 5.75 Å². The molecule has 0 radical (unpaired) electrons. The van der Waals surface area contributed by atoms with E-state index in [-0.39, 0.29) is 11.7 Å². The Hall–Kier alpha value is -3.96. The lowest BCUT2D eigenvalue weighted by atomic mass is 10.1. The van der Waals surface area contributed by atoms with E-state index < -0.39 is 0 Å². The summed E-state index contributed by atoms with van der Waals surface area (Å²) in [7, 11) is 3.83. The van der Waals surface area contributed by atoms with Gasteiger partial charge in [-0.1, -0.05) is 13.0 Å². The first kappa shape index (κ1) is 24.7. The maximum Gasteiger partial charge on any atom is 0.248 e. The Balaban J connectivity index is 2.07. The molecule has 0 spiro atoms. The second-order valence-corrected chi connectivity index (χ2v) is 7.90. The van der Waals surface area contributed by atoms with Crippen molar-refractivity contribution in [2.45, 2.75) is 20.3 Å². The van der Waals surface area contributed by atoms with Gasteiger partial charge in [-0.3, -0.25) is 9.78 Å². The molecule has 1 aromatic heterocycles. The molecule has 176 valence electrons. The lowest BCUT2D eigenvalue weighted by Gasteiger charge is -2.16. The number of aryl methyl sites for hydroxylation is 1. The first-order valence-electron chi connectivity index (χ1n) is 11.0. The van der Waals surface area contributed by atoms with Gasteiger partial charge in [-0.2, -0.15) is 5.26 Å². The zero-order valence-electron chi connectivity index (χ0n) is 19.8. The lowest BCUT2D eigenvalue weighted by Crippen LogP contribution is -2.13. The van der Waals surface area contributed by atoms with Crippen LogP contribution in [-0.4, -0.2) is 43.0 Å². The minimum absolute atomic E-state index is 0.276. The summed E-state index contributed by atoms with van der Waals surface area (Å²) < 4.78 is 19.7. The second kappa shape index (κ2) is 11.3. The van der Waals surface area contributed by atoms with Crippen molar-refractivity contribution in [3.63, 3.8) is 0 Å². The predicted octanol–water partition coefficient (Wildman–Crippen LogP) is 5.01. The van der Waals surface area contributed by atoms with Gasteiger partial charge in [-0.25, -0.2) is 4.39 Å². The van der Waals surface area contributed by atoms with Gasteiger partial charge in [-0.05, 0) is 57.3 Å². The molecule has 0 atom stereocenters. The molecule has 2 aromatic carbocycles. The fourth-order valence-electron chi connectivity index (χ4n) is 3.42. The molecule has 7 nitrogen and oxygen atoms in total. The summed E-state index contributed by atoms with van der Waals surface area (Å²) in [5.41, 5.74) is 3.10. The molecule has 0 aliphatic carbocycles. The van der Waals surface area contributed by atoms with Crippen molar-refractivity contribution in [3.8, 4) is 11.8 Å². The van der Waals surface area contributed by atoms with Gasteiger partial charge in [0, 0.05) is 36.0 Å². The van der Waals surface area contributed by atoms with E-state index >= 15 is 0 Å². The lowest BCUT2D eigenvalue weighted by molar-refractivity contribution is -0.111. The molecule has 0 unspecified atom stereocenters. The number of nitrogens with one attached hydrogen (secondary N) is 2. The minimum atomic E-state index is -0.299. The van der Waals surface area contributed by atoms with E-state index in [0.29, 0.717) is 64.4 Å². The van der Waals surface area contributed by atoms with Gasteiger partial charge in [0.25, 0.3) is 0 Å². The number of rotatable bonds is 9. The molecule has 8 heteroatoms. The van der Waals surface area contributed by atoms with Crippen molar-refractivity contribution < 1.29 is 13.9 Å². The van der Waals surface area contributed by atoms with Crippen LogP contribution in [0.1, 0.15) is 25.0 Å². The number of carbonyl (C=O) groups excluding carboxylic acids is 1. The highest BCUT2D eigenvalue weighted by molar-refractivity contribution is 6.04. The second-order valence-electron chi connectivity index (χ2n) is 7.90. The number of hydrogen-bond donors (Lipinski definition) is 2. The summed E-state index contributed by atoms with van der Waals surface area (Å²) in [5.74, 6) is -0.100. The summed E-state index contributed by atoms with van der Waals surface area (Å²) in [5, 5.41) is 16.4. The number of aromatic nitrogens is 1. The maximum atomic E-state index is 14.0.